The number of aromatic nitrogens is 1. The molecule has 22 heavy (non-hydrogen) atoms. The lowest BCUT2D eigenvalue weighted by Crippen LogP contribution is -2.30. The first-order valence-corrected chi connectivity index (χ1v) is 7.10. The molecular weight excluding hydrogens is 282 g/mol. The number of rotatable bonds is 3. The van der Waals surface area contributed by atoms with Gasteiger partial charge < -0.3 is 15.4 Å². The molecule has 1 amide bonds. The maximum Gasteiger partial charge on any atom is 0.339 e. The molecule has 6 heteroatoms. The van der Waals surface area contributed by atoms with E-state index in [2.05, 4.69) is 9.88 Å². The summed E-state index contributed by atoms with van der Waals surface area (Å²) in [5, 5.41) is 0.742. The van der Waals surface area contributed by atoms with E-state index in [4.69, 9.17) is 10.5 Å². The molecule has 2 heterocycles. The van der Waals surface area contributed by atoms with Crippen molar-refractivity contribution in [1.29, 1.82) is 0 Å². The predicted molar refractivity (Wildman–Crippen MR) is 81.3 cm³/mol. The number of hydrogen-bond donors (Lipinski definition) is 1. The fourth-order valence-electron chi connectivity index (χ4n) is 2.77. The van der Waals surface area contributed by atoms with Gasteiger partial charge in [-0.15, -0.1) is 0 Å². The van der Waals surface area contributed by atoms with Crippen molar-refractivity contribution in [3.05, 3.63) is 41.1 Å². The quantitative estimate of drug-likeness (QED) is 0.850. The van der Waals surface area contributed by atoms with Crippen molar-refractivity contribution >= 4 is 22.8 Å². The van der Waals surface area contributed by atoms with E-state index in [0.717, 1.165) is 35.1 Å². The highest BCUT2D eigenvalue weighted by molar-refractivity contribution is 6.05. The smallest absolute Gasteiger partial charge is 0.339 e. The van der Waals surface area contributed by atoms with E-state index < -0.39 is 18.5 Å². The number of nitrogens with two attached hydrogens (primary N) is 1. The Morgan fingerprint density at radius 3 is 2.91 bits per heavy atom. The van der Waals surface area contributed by atoms with Crippen LogP contribution in [-0.4, -0.2) is 42.0 Å². The average Bonchev–Trinajstić information content (AvgIpc) is 2.50. The van der Waals surface area contributed by atoms with E-state index in [-0.39, 0.29) is 0 Å². The van der Waals surface area contributed by atoms with E-state index in [9.17, 15) is 9.59 Å². The van der Waals surface area contributed by atoms with E-state index in [0.29, 0.717) is 12.1 Å². The summed E-state index contributed by atoms with van der Waals surface area (Å²) in [6, 6.07) is 7.46. The number of nitrogens with zero attached hydrogens (tertiary/aromatic N) is 2. The zero-order valence-electron chi connectivity index (χ0n) is 12.3. The van der Waals surface area contributed by atoms with E-state index in [1.807, 2.05) is 31.3 Å². The maximum absolute atomic E-state index is 12.5. The van der Waals surface area contributed by atoms with Gasteiger partial charge in [0.15, 0.2) is 6.61 Å². The molecule has 0 saturated carbocycles. The van der Waals surface area contributed by atoms with Crippen LogP contribution in [0.25, 0.3) is 10.9 Å². The first kappa shape index (κ1) is 14.5. The Balaban J connectivity index is 2.14. The molecule has 0 saturated heterocycles. The minimum atomic E-state index is -0.669. The first-order chi connectivity index (χ1) is 10.6. The van der Waals surface area contributed by atoms with Crippen LogP contribution in [0.1, 0.15) is 21.6 Å². The maximum atomic E-state index is 12.5. The second-order valence-electron chi connectivity index (χ2n) is 5.46. The van der Waals surface area contributed by atoms with Gasteiger partial charge in [-0.1, -0.05) is 18.2 Å². The number of primary amides is 1. The van der Waals surface area contributed by atoms with E-state index in [1.54, 1.807) is 0 Å². The summed E-state index contributed by atoms with van der Waals surface area (Å²) in [6.07, 6.45) is 0.784. The number of hydrogen-bond acceptors (Lipinski definition) is 5. The third-order valence-electron chi connectivity index (χ3n) is 3.79. The fraction of sp³-hybridized carbons (Fsp3) is 0.312. The molecule has 3 rings (SSSR count). The van der Waals surface area contributed by atoms with Crippen LogP contribution in [0.15, 0.2) is 24.3 Å². The predicted octanol–water partition coefficient (Wildman–Crippen LogP) is 0.865. The number of likely N-dealkylation sites (N-methyl/N-ethyl adjacent to an activating group) is 1. The second-order valence-corrected chi connectivity index (χ2v) is 5.46. The highest BCUT2D eigenvalue weighted by Crippen LogP contribution is 2.28. The van der Waals surface area contributed by atoms with Crippen LogP contribution >= 0.6 is 0 Å². The molecular formula is C16H17N3O3. The van der Waals surface area contributed by atoms with Crippen molar-refractivity contribution in [2.45, 2.75) is 13.0 Å². The zero-order valence-corrected chi connectivity index (χ0v) is 12.3. The van der Waals surface area contributed by atoms with Crippen molar-refractivity contribution < 1.29 is 14.3 Å². The number of benzene rings is 1. The van der Waals surface area contributed by atoms with Gasteiger partial charge in [0, 0.05) is 36.2 Å². The summed E-state index contributed by atoms with van der Waals surface area (Å²) in [7, 11) is 2.00. The van der Waals surface area contributed by atoms with Crippen molar-refractivity contribution in [3.8, 4) is 0 Å². The lowest BCUT2D eigenvalue weighted by Gasteiger charge is -2.26. The molecule has 0 radical (unpaired) electrons. The Kier molecular flexibility index (Phi) is 3.77. The number of fused-ring (bicyclic) bond motifs is 2. The van der Waals surface area contributed by atoms with Crippen LogP contribution < -0.4 is 5.73 Å². The fourth-order valence-corrected chi connectivity index (χ4v) is 2.77. The van der Waals surface area contributed by atoms with Gasteiger partial charge in [0.1, 0.15) is 0 Å². The van der Waals surface area contributed by atoms with Crippen molar-refractivity contribution in [3.63, 3.8) is 0 Å². The number of carbonyl (C=O) groups excluding carboxylic acids is 2. The molecule has 0 bridgehead atoms. The summed E-state index contributed by atoms with van der Waals surface area (Å²) in [5.74, 6) is -1.19. The molecule has 114 valence electrons. The molecule has 0 spiro atoms. The third-order valence-corrected chi connectivity index (χ3v) is 3.79. The Morgan fingerprint density at radius 2 is 2.14 bits per heavy atom. The minimum Gasteiger partial charge on any atom is -0.452 e. The monoisotopic (exact) mass is 299 g/mol. The topological polar surface area (TPSA) is 85.5 Å². The molecule has 2 aromatic rings. The molecule has 0 unspecified atom stereocenters. The third kappa shape index (κ3) is 2.65. The van der Waals surface area contributed by atoms with Crippen molar-refractivity contribution in [2.75, 3.05) is 20.2 Å². The van der Waals surface area contributed by atoms with Crippen LogP contribution in [0, 0.1) is 0 Å². The van der Waals surface area contributed by atoms with Crippen molar-refractivity contribution in [1.82, 2.24) is 9.88 Å². The summed E-state index contributed by atoms with van der Waals surface area (Å²) in [4.78, 5) is 30.1. The number of pyridine rings is 1. The van der Waals surface area contributed by atoms with Crippen LogP contribution in [0.4, 0.5) is 0 Å². The number of amides is 1. The van der Waals surface area contributed by atoms with Crippen molar-refractivity contribution in [2.24, 2.45) is 5.73 Å². The van der Waals surface area contributed by atoms with Gasteiger partial charge in [0.25, 0.3) is 5.91 Å². The van der Waals surface area contributed by atoms with Gasteiger partial charge >= 0.3 is 5.97 Å². The Hall–Kier alpha value is -2.47. The zero-order chi connectivity index (χ0) is 15.7. The highest BCUT2D eigenvalue weighted by atomic mass is 16.5. The molecule has 1 aromatic heterocycles. The van der Waals surface area contributed by atoms with Gasteiger partial charge in [-0.2, -0.15) is 0 Å². The lowest BCUT2D eigenvalue weighted by atomic mass is 9.96. The highest BCUT2D eigenvalue weighted by Gasteiger charge is 2.25. The standard InChI is InChI=1S/C16H17N3O3/c1-19-7-6-13-11(8-19)15(16(21)22-9-14(17)20)10-4-2-3-5-12(10)18-13/h2-5H,6-9H2,1H3,(H2,17,20). The summed E-state index contributed by atoms with van der Waals surface area (Å²) < 4.78 is 5.04. The Morgan fingerprint density at radius 1 is 1.36 bits per heavy atom. The number of esters is 1. The largest absolute Gasteiger partial charge is 0.452 e. The normalized spacial score (nSPS) is 14.6. The van der Waals surface area contributed by atoms with Crippen LogP contribution in [0.2, 0.25) is 0 Å². The molecule has 0 atom stereocenters. The van der Waals surface area contributed by atoms with E-state index in [1.165, 1.54) is 0 Å². The summed E-state index contributed by atoms with van der Waals surface area (Å²) >= 11 is 0. The number of para-hydroxylation sites is 1. The molecule has 0 aliphatic carbocycles. The SMILES string of the molecule is CN1CCc2nc3ccccc3c(C(=O)OCC(N)=O)c2C1. The average molecular weight is 299 g/mol. The van der Waals surface area contributed by atoms with Gasteiger partial charge in [0.05, 0.1) is 11.1 Å². The van der Waals surface area contributed by atoms with E-state index >= 15 is 0 Å². The summed E-state index contributed by atoms with van der Waals surface area (Å²) in [6.45, 7) is 1.11. The molecule has 1 aliphatic heterocycles. The molecule has 1 aliphatic rings. The number of ether oxygens (including phenoxy) is 1. The van der Waals surface area contributed by atoms with Crippen LogP contribution in [0.5, 0.6) is 0 Å². The van der Waals surface area contributed by atoms with Gasteiger partial charge in [-0.25, -0.2) is 4.79 Å². The van der Waals surface area contributed by atoms with Crippen LogP contribution in [-0.2, 0) is 22.5 Å². The summed E-state index contributed by atoms with van der Waals surface area (Å²) in [5.41, 5.74) is 8.11. The van der Waals surface area contributed by atoms with Gasteiger partial charge in [-0.05, 0) is 13.1 Å². The minimum absolute atomic E-state index is 0.417. The Labute approximate surface area is 127 Å². The molecule has 2 N–H and O–H groups in total. The van der Waals surface area contributed by atoms with Gasteiger partial charge in [0.2, 0.25) is 0 Å². The van der Waals surface area contributed by atoms with Gasteiger partial charge in [-0.3, -0.25) is 9.78 Å². The molecule has 0 fully saturated rings. The molecule has 6 nitrogen and oxygen atoms in total. The Bertz CT molecular complexity index is 758. The lowest BCUT2D eigenvalue weighted by molar-refractivity contribution is -0.121. The number of carbonyl (C=O) groups is 2. The second kappa shape index (κ2) is 5.73. The van der Waals surface area contributed by atoms with Crippen LogP contribution in [0.3, 0.4) is 0 Å². The molecule has 1 aromatic carbocycles. The first-order valence-electron chi connectivity index (χ1n) is 7.10.